The van der Waals surface area contributed by atoms with Crippen molar-refractivity contribution in [3.8, 4) is 5.75 Å². The molecule has 1 amide bonds. The lowest BCUT2D eigenvalue weighted by Crippen LogP contribution is -2.32. The second kappa shape index (κ2) is 8.74. The summed E-state index contributed by atoms with van der Waals surface area (Å²) < 4.78 is 10.8. The molecule has 140 valence electrons. The smallest absolute Gasteiger partial charge is 0.413 e. The number of fused-ring (bicyclic) bond motifs is 1. The third kappa shape index (κ3) is 4.18. The molecule has 1 N–H and O–H groups in total. The highest BCUT2D eigenvalue weighted by Crippen LogP contribution is 2.36. The summed E-state index contributed by atoms with van der Waals surface area (Å²) in [6.07, 6.45) is 7.64. The van der Waals surface area contributed by atoms with E-state index in [0.717, 1.165) is 49.2 Å². The van der Waals surface area contributed by atoms with Gasteiger partial charge in [-0.15, -0.1) is 0 Å². The average molecular weight is 357 g/mol. The van der Waals surface area contributed by atoms with E-state index in [1.165, 1.54) is 12.7 Å². The molecule has 2 aliphatic rings. The van der Waals surface area contributed by atoms with Gasteiger partial charge in [0.05, 0.1) is 32.6 Å². The molecular weight excluding hydrogens is 330 g/mol. The predicted octanol–water partition coefficient (Wildman–Crippen LogP) is 3.62. The van der Waals surface area contributed by atoms with E-state index < -0.39 is 0 Å². The van der Waals surface area contributed by atoms with E-state index in [1.807, 2.05) is 18.2 Å². The van der Waals surface area contributed by atoms with Crippen molar-refractivity contribution in [1.29, 1.82) is 0 Å². The second-order valence-corrected chi connectivity index (χ2v) is 6.57. The molecule has 2 heterocycles. The van der Waals surface area contributed by atoms with Gasteiger partial charge in [-0.05, 0) is 30.2 Å². The first-order chi connectivity index (χ1) is 12.7. The molecule has 0 radical (unpaired) electrons. The number of ether oxygens (including phenoxy) is 2. The molecule has 1 unspecified atom stereocenters. The van der Waals surface area contributed by atoms with Crippen LogP contribution in [0.2, 0.25) is 0 Å². The van der Waals surface area contributed by atoms with Crippen molar-refractivity contribution < 1.29 is 14.3 Å². The Labute approximate surface area is 154 Å². The lowest BCUT2D eigenvalue weighted by molar-refractivity contribution is 0.178. The number of rotatable bonds is 6. The zero-order valence-corrected chi connectivity index (χ0v) is 15.5. The molecule has 0 fully saturated rings. The highest BCUT2D eigenvalue weighted by molar-refractivity contribution is 5.89. The van der Waals surface area contributed by atoms with Gasteiger partial charge in [-0.2, -0.15) is 0 Å². The van der Waals surface area contributed by atoms with Crippen LogP contribution in [0.4, 0.5) is 10.5 Å². The molecule has 0 aliphatic carbocycles. The van der Waals surface area contributed by atoms with Crippen molar-refractivity contribution in [2.45, 2.75) is 38.6 Å². The van der Waals surface area contributed by atoms with Crippen molar-refractivity contribution >= 4 is 23.7 Å². The number of aliphatic imine (C=N–C) groups is 1. The van der Waals surface area contributed by atoms with Crippen LogP contribution in [0.3, 0.4) is 0 Å². The number of benzene rings is 1. The number of anilines is 1. The summed E-state index contributed by atoms with van der Waals surface area (Å²) in [5.41, 5.74) is 3.13. The minimum atomic E-state index is -0.325. The number of carbonyl (C=O) groups is 1. The van der Waals surface area contributed by atoms with Crippen LogP contribution in [0.15, 0.2) is 29.3 Å². The van der Waals surface area contributed by atoms with Crippen LogP contribution >= 0.6 is 0 Å². The number of hydrogen-bond acceptors (Lipinski definition) is 5. The summed E-state index contributed by atoms with van der Waals surface area (Å²) >= 11 is 0. The standard InChI is InChI=1S/C20H27N3O3/c1-3-4-5-9-23(20(24)25-2)17-6-7-19-18(12-17)15(8-10-26-19)11-16-13-21-14-22-16/h6-7,11-12,14,16H,3-5,8-10,13H2,1-2H3,(H,21,22)/b15-11+. The number of amides is 1. The number of nitrogens with zero attached hydrogens (tertiary/aromatic N) is 2. The molecule has 6 nitrogen and oxygen atoms in total. The van der Waals surface area contributed by atoms with E-state index in [9.17, 15) is 4.79 Å². The summed E-state index contributed by atoms with van der Waals surface area (Å²) in [7, 11) is 1.42. The summed E-state index contributed by atoms with van der Waals surface area (Å²) in [5, 5.41) is 3.24. The Morgan fingerprint density at radius 2 is 2.35 bits per heavy atom. The van der Waals surface area contributed by atoms with Gasteiger partial charge in [-0.1, -0.05) is 25.8 Å². The van der Waals surface area contributed by atoms with Crippen molar-refractivity contribution in [3.63, 3.8) is 0 Å². The molecule has 0 aromatic heterocycles. The molecule has 2 aliphatic heterocycles. The van der Waals surface area contributed by atoms with E-state index in [-0.39, 0.29) is 12.1 Å². The van der Waals surface area contributed by atoms with Gasteiger partial charge < -0.3 is 14.8 Å². The molecule has 26 heavy (non-hydrogen) atoms. The quantitative estimate of drug-likeness (QED) is 0.790. The van der Waals surface area contributed by atoms with Gasteiger partial charge in [0.1, 0.15) is 5.75 Å². The summed E-state index contributed by atoms with van der Waals surface area (Å²) in [6.45, 7) is 4.22. The Bertz CT molecular complexity index is 692. The normalized spacial score (nSPS) is 19.6. The van der Waals surface area contributed by atoms with E-state index in [2.05, 4.69) is 23.3 Å². The first-order valence-corrected chi connectivity index (χ1v) is 9.30. The maximum atomic E-state index is 12.3. The third-order valence-electron chi connectivity index (χ3n) is 4.71. The number of nitrogens with one attached hydrogen (secondary N) is 1. The topological polar surface area (TPSA) is 63.2 Å². The number of hydrogen-bond donors (Lipinski definition) is 1. The first-order valence-electron chi connectivity index (χ1n) is 9.30. The SMILES string of the molecule is CCCCCN(C(=O)OC)c1ccc2c(c1)/C(=C/C1CN=CN1)CCO2. The predicted molar refractivity (Wildman–Crippen MR) is 104 cm³/mol. The first kappa shape index (κ1) is 18.3. The lowest BCUT2D eigenvalue weighted by Gasteiger charge is -2.26. The van der Waals surface area contributed by atoms with Gasteiger partial charge in [-0.3, -0.25) is 9.89 Å². The van der Waals surface area contributed by atoms with Crippen molar-refractivity contribution in [1.82, 2.24) is 5.32 Å². The van der Waals surface area contributed by atoms with Crippen molar-refractivity contribution in [2.24, 2.45) is 4.99 Å². The largest absolute Gasteiger partial charge is 0.493 e. The van der Waals surface area contributed by atoms with Gasteiger partial charge in [0.15, 0.2) is 0 Å². The van der Waals surface area contributed by atoms with E-state index in [4.69, 9.17) is 9.47 Å². The van der Waals surface area contributed by atoms with Crippen LogP contribution in [0, 0.1) is 0 Å². The number of methoxy groups -OCH3 is 1. The van der Waals surface area contributed by atoms with E-state index >= 15 is 0 Å². The monoisotopic (exact) mass is 357 g/mol. The second-order valence-electron chi connectivity index (χ2n) is 6.57. The zero-order chi connectivity index (χ0) is 18.4. The highest BCUT2D eigenvalue weighted by Gasteiger charge is 2.22. The van der Waals surface area contributed by atoms with Crippen LogP contribution < -0.4 is 15.0 Å². The Morgan fingerprint density at radius 3 is 3.08 bits per heavy atom. The zero-order valence-electron chi connectivity index (χ0n) is 15.5. The summed E-state index contributed by atoms with van der Waals surface area (Å²) in [5.74, 6) is 0.864. The molecular formula is C20H27N3O3. The summed E-state index contributed by atoms with van der Waals surface area (Å²) in [6, 6.07) is 6.15. The van der Waals surface area contributed by atoms with Gasteiger partial charge in [0.25, 0.3) is 0 Å². The minimum absolute atomic E-state index is 0.223. The van der Waals surface area contributed by atoms with E-state index in [1.54, 1.807) is 11.2 Å². The Kier molecular flexibility index (Phi) is 6.15. The van der Waals surface area contributed by atoms with Crippen LogP contribution in [0.1, 0.15) is 38.2 Å². The Hall–Kier alpha value is -2.50. The van der Waals surface area contributed by atoms with Gasteiger partial charge in [0.2, 0.25) is 0 Å². The molecule has 3 rings (SSSR count). The lowest BCUT2D eigenvalue weighted by atomic mass is 9.96. The summed E-state index contributed by atoms with van der Waals surface area (Å²) in [4.78, 5) is 18.2. The average Bonchev–Trinajstić information content (AvgIpc) is 3.18. The van der Waals surface area contributed by atoms with Crippen LogP contribution in [0.25, 0.3) is 5.57 Å². The number of carbonyl (C=O) groups excluding carboxylic acids is 1. The molecule has 0 saturated carbocycles. The van der Waals surface area contributed by atoms with Gasteiger partial charge in [-0.25, -0.2) is 4.79 Å². The fraction of sp³-hybridized carbons (Fsp3) is 0.500. The maximum absolute atomic E-state index is 12.3. The fourth-order valence-electron chi connectivity index (χ4n) is 3.31. The Balaban J connectivity index is 1.87. The highest BCUT2D eigenvalue weighted by atomic mass is 16.5. The third-order valence-corrected chi connectivity index (χ3v) is 4.71. The molecule has 1 aromatic rings. The molecule has 1 aromatic carbocycles. The number of unbranched alkanes of at least 4 members (excludes halogenated alkanes) is 2. The van der Waals surface area contributed by atoms with Gasteiger partial charge in [0, 0.05) is 24.2 Å². The van der Waals surface area contributed by atoms with Crippen LogP contribution in [0.5, 0.6) is 5.75 Å². The Morgan fingerprint density at radius 1 is 1.46 bits per heavy atom. The van der Waals surface area contributed by atoms with Crippen molar-refractivity contribution in [3.05, 3.63) is 29.8 Å². The van der Waals surface area contributed by atoms with Crippen molar-refractivity contribution in [2.75, 3.05) is 31.7 Å². The minimum Gasteiger partial charge on any atom is -0.493 e. The fourth-order valence-corrected chi connectivity index (χ4v) is 3.31. The molecule has 0 spiro atoms. The molecule has 1 atom stereocenters. The van der Waals surface area contributed by atoms with Crippen LogP contribution in [-0.4, -0.2) is 45.3 Å². The molecule has 0 bridgehead atoms. The van der Waals surface area contributed by atoms with Gasteiger partial charge >= 0.3 is 6.09 Å². The van der Waals surface area contributed by atoms with Crippen LogP contribution in [-0.2, 0) is 4.74 Å². The molecule has 6 heteroatoms. The van der Waals surface area contributed by atoms with E-state index in [0.29, 0.717) is 13.2 Å². The maximum Gasteiger partial charge on any atom is 0.413 e. The molecule has 0 saturated heterocycles.